The van der Waals surface area contributed by atoms with Gasteiger partial charge in [0, 0.05) is 26.0 Å². The van der Waals surface area contributed by atoms with Gasteiger partial charge in [0.25, 0.3) is 0 Å². The zero-order chi connectivity index (χ0) is 31.5. The molecule has 0 saturated heterocycles. The number of aliphatic hydroxyl groups excluding tert-OH is 1. The van der Waals surface area contributed by atoms with Crippen molar-refractivity contribution in [1.29, 1.82) is 0 Å². The van der Waals surface area contributed by atoms with Crippen LogP contribution in [0.2, 0.25) is 0 Å². The number of aliphatic hydroxyl groups is 1. The van der Waals surface area contributed by atoms with Gasteiger partial charge in [0.15, 0.2) is 0 Å². The Morgan fingerprint density at radius 1 is 0.442 bits per heavy atom. The van der Waals surface area contributed by atoms with E-state index in [-0.39, 0.29) is 18.5 Å². The molecule has 6 nitrogen and oxygen atoms in total. The van der Waals surface area contributed by atoms with Crippen LogP contribution in [0.1, 0.15) is 187 Å². The van der Waals surface area contributed by atoms with Gasteiger partial charge in [-0.25, -0.2) is 0 Å². The molecule has 0 aromatic carbocycles. The predicted molar refractivity (Wildman–Crippen MR) is 181 cm³/mol. The Labute approximate surface area is 267 Å². The maximum absolute atomic E-state index is 11.9. The monoisotopic (exact) mass is 612 g/mol. The second kappa shape index (κ2) is 35.3. The van der Waals surface area contributed by atoms with Gasteiger partial charge >= 0.3 is 11.9 Å². The SMILES string of the molecule is CCCCCCCCCOC(=O)CCCCCCCN(CCCO)CCCCCCCC(=O)OCCCCCCCCC. The van der Waals surface area contributed by atoms with E-state index in [1.165, 1.54) is 116 Å². The number of esters is 2. The topological polar surface area (TPSA) is 76.1 Å². The van der Waals surface area contributed by atoms with Crippen LogP contribution in [0.3, 0.4) is 0 Å². The average Bonchev–Trinajstić information content (AvgIpc) is 3.01. The van der Waals surface area contributed by atoms with Gasteiger partial charge in [0.2, 0.25) is 0 Å². The van der Waals surface area contributed by atoms with E-state index in [1.54, 1.807) is 0 Å². The predicted octanol–water partition coefficient (Wildman–Crippen LogP) is 9.94. The highest BCUT2D eigenvalue weighted by Crippen LogP contribution is 2.12. The van der Waals surface area contributed by atoms with Crippen molar-refractivity contribution in [3.05, 3.63) is 0 Å². The van der Waals surface area contributed by atoms with E-state index in [1.807, 2.05) is 0 Å². The summed E-state index contributed by atoms with van der Waals surface area (Å²) < 4.78 is 10.8. The molecule has 256 valence electrons. The lowest BCUT2D eigenvalue weighted by Gasteiger charge is -2.22. The summed E-state index contributed by atoms with van der Waals surface area (Å²) in [5, 5.41) is 9.28. The molecule has 0 aliphatic carbocycles. The number of carbonyl (C=O) groups is 2. The second-order valence-corrected chi connectivity index (χ2v) is 12.6. The first-order valence-corrected chi connectivity index (χ1v) is 18.8. The molecule has 0 amide bonds. The first-order chi connectivity index (χ1) is 21.1. The Morgan fingerprint density at radius 3 is 1.16 bits per heavy atom. The Balaban J connectivity index is 3.63. The molecule has 0 aromatic heterocycles. The lowest BCUT2D eigenvalue weighted by atomic mass is 10.1. The molecule has 43 heavy (non-hydrogen) atoms. The summed E-state index contributed by atoms with van der Waals surface area (Å²) >= 11 is 0. The minimum Gasteiger partial charge on any atom is -0.466 e. The van der Waals surface area contributed by atoms with E-state index in [4.69, 9.17) is 9.47 Å². The number of hydrogen-bond acceptors (Lipinski definition) is 6. The highest BCUT2D eigenvalue weighted by atomic mass is 16.5. The smallest absolute Gasteiger partial charge is 0.305 e. The number of ether oxygens (including phenoxy) is 2. The van der Waals surface area contributed by atoms with Crippen LogP contribution in [-0.2, 0) is 19.1 Å². The lowest BCUT2D eigenvalue weighted by Crippen LogP contribution is -2.27. The Hall–Kier alpha value is -1.14. The molecule has 6 heteroatoms. The Morgan fingerprint density at radius 2 is 0.767 bits per heavy atom. The molecule has 0 rings (SSSR count). The summed E-state index contributed by atoms with van der Waals surface area (Å²) in [4.78, 5) is 26.4. The van der Waals surface area contributed by atoms with Gasteiger partial charge in [-0.05, 0) is 58.0 Å². The van der Waals surface area contributed by atoms with Crippen LogP contribution >= 0.6 is 0 Å². The van der Waals surface area contributed by atoms with Gasteiger partial charge in [-0.1, -0.05) is 129 Å². The third-order valence-electron chi connectivity index (χ3n) is 8.36. The maximum Gasteiger partial charge on any atom is 0.305 e. The largest absolute Gasteiger partial charge is 0.466 e. The summed E-state index contributed by atoms with van der Waals surface area (Å²) in [5.41, 5.74) is 0. The summed E-state index contributed by atoms with van der Waals surface area (Å²) in [7, 11) is 0. The number of rotatable bonds is 35. The quantitative estimate of drug-likeness (QED) is 0.0568. The average molecular weight is 612 g/mol. The van der Waals surface area contributed by atoms with Gasteiger partial charge in [0.05, 0.1) is 13.2 Å². The van der Waals surface area contributed by atoms with Crippen molar-refractivity contribution < 1.29 is 24.2 Å². The van der Waals surface area contributed by atoms with E-state index in [9.17, 15) is 14.7 Å². The fraction of sp³-hybridized carbons (Fsp3) is 0.946. The van der Waals surface area contributed by atoms with Gasteiger partial charge in [-0.2, -0.15) is 0 Å². The van der Waals surface area contributed by atoms with E-state index in [0.29, 0.717) is 26.1 Å². The zero-order valence-electron chi connectivity index (χ0n) is 28.9. The van der Waals surface area contributed by atoms with Crippen molar-refractivity contribution in [3.8, 4) is 0 Å². The minimum absolute atomic E-state index is 0.0279. The van der Waals surface area contributed by atoms with E-state index in [0.717, 1.165) is 64.6 Å². The highest BCUT2D eigenvalue weighted by Gasteiger charge is 2.07. The summed E-state index contributed by atoms with van der Waals surface area (Å²) in [6.45, 7) is 9.04. The molecule has 0 saturated carbocycles. The van der Waals surface area contributed by atoms with Crippen LogP contribution in [0.15, 0.2) is 0 Å². The number of unbranched alkanes of at least 4 members (excludes halogenated alkanes) is 20. The van der Waals surface area contributed by atoms with Crippen LogP contribution in [0.25, 0.3) is 0 Å². The normalized spacial score (nSPS) is 11.3. The van der Waals surface area contributed by atoms with E-state index < -0.39 is 0 Å². The van der Waals surface area contributed by atoms with Crippen LogP contribution in [0.5, 0.6) is 0 Å². The van der Waals surface area contributed by atoms with Gasteiger partial charge in [0.1, 0.15) is 0 Å². The summed E-state index contributed by atoms with van der Waals surface area (Å²) in [5.74, 6) is -0.0557. The van der Waals surface area contributed by atoms with Crippen molar-refractivity contribution >= 4 is 11.9 Å². The summed E-state index contributed by atoms with van der Waals surface area (Å²) in [6, 6.07) is 0. The van der Waals surface area contributed by atoms with Crippen molar-refractivity contribution in [1.82, 2.24) is 4.90 Å². The molecule has 0 spiro atoms. The fourth-order valence-electron chi connectivity index (χ4n) is 5.53. The molecule has 0 radical (unpaired) electrons. The van der Waals surface area contributed by atoms with E-state index >= 15 is 0 Å². The third kappa shape index (κ3) is 33.6. The van der Waals surface area contributed by atoms with Gasteiger partial charge in [-0.3, -0.25) is 9.59 Å². The highest BCUT2D eigenvalue weighted by molar-refractivity contribution is 5.69. The maximum atomic E-state index is 11.9. The molecule has 0 unspecified atom stereocenters. The Kier molecular flexibility index (Phi) is 34.4. The second-order valence-electron chi connectivity index (χ2n) is 12.6. The molecule has 0 aliphatic rings. The van der Waals surface area contributed by atoms with Crippen molar-refractivity contribution in [2.24, 2.45) is 0 Å². The fourth-order valence-corrected chi connectivity index (χ4v) is 5.53. The molecule has 0 aliphatic heterocycles. The van der Waals surface area contributed by atoms with Crippen molar-refractivity contribution in [2.45, 2.75) is 187 Å². The molecular formula is C37H73NO5. The van der Waals surface area contributed by atoms with Gasteiger partial charge in [-0.15, -0.1) is 0 Å². The molecule has 0 heterocycles. The number of nitrogens with zero attached hydrogens (tertiary/aromatic N) is 1. The molecule has 0 fully saturated rings. The molecular weight excluding hydrogens is 538 g/mol. The molecule has 0 aromatic rings. The van der Waals surface area contributed by atoms with Crippen molar-refractivity contribution in [2.75, 3.05) is 39.5 Å². The molecule has 0 bridgehead atoms. The number of hydrogen-bond donors (Lipinski definition) is 1. The molecule has 0 atom stereocenters. The van der Waals surface area contributed by atoms with Crippen LogP contribution in [0.4, 0.5) is 0 Å². The number of carbonyl (C=O) groups excluding carboxylic acids is 2. The Bertz CT molecular complexity index is 539. The van der Waals surface area contributed by atoms with E-state index in [2.05, 4.69) is 18.7 Å². The lowest BCUT2D eigenvalue weighted by molar-refractivity contribution is -0.144. The molecule has 1 N–H and O–H groups in total. The first kappa shape index (κ1) is 41.9. The standard InChI is InChI=1S/C37H73NO5/c1-3-5-7-9-11-19-25-34-42-36(40)28-21-15-13-17-23-30-38(32-27-33-39)31-24-18-14-16-22-29-37(41)43-35-26-20-12-10-8-6-4-2/h39H,3-35H2,1-2H3. The van der Waals surface area contributed by atoms with Crippen molar-refractivity contribution in [3.63, 3.8) is 0 Å². The van der Waals surface area contributed by atoms with Gasteiger partial charge < -0.3 is 19.5 Å². The van der Waals surface area contributed by atoms with Crippen LogP contribution < -0.4 is 0 Å². The minimum atomic E-state index is -0.0279. The summed E-state index contributed by atoms with van der Waals surface area (Å²) in [6.07, 6.45) is 30.4. The first-order valence-electron chi connectivity index (χ1n) is 18.8. The van der Waals surface area contributed by atoms with Crippen LogP contribution in [-0.4, -0.2) is 61.4 Å². The zero-order valence-corrected chi connectivity index (χ0v) is 28.9. The van der Waals surface area contributed by atoms with Crippen LogP contribution in [0, 0.1) is 0 Å². The third-order valence-corrected chi connectivity index (χ3v) is 8.36.